The van der Waals surface area contributed by atoms with Crippen molar-refractivity contribution in [3.63, 3.8) is 0 Å². The van der Waals surface area contributed by atoms with Crippen LogP contribution < -0.4 is 5.48 Å². The quantitative estimate of drug-likeness (QED) is 0.667. The molecule has 1 N–H and O–H groups in total. The van der Waals surface area contributed by atoms with Crippen molar-refractivity contribution in [3.8, 4) is 0 Å². The second kappa shape index (κ2) is 5.42. The minimum Gasteiger partial charge on any atom is -0.320 e. The summed E-state index contributed by atoms with van der Waals surface area (Å²) in [5.41, 5.74) is 6.83. The first-order chi connectivity index (χ1) is 9.43. The predicted octanol–water partition coefficient (Wildman–Crippen LogP) is 3.62. The van der Waals surface area contributed by atoms with E-state index in [1.807, 2.05) is 36.4 Å². The summed E-state index contributed by atoms with van der Waals surface area (Å²) >= 11 is 0. The SMILES string of the molecule is C(=Cc1ccccc1C1=COON1)c1ccccc1. The Balaban J connectivity index is 1.91. The van der Waals surface area contributed by atoms with Crippen LogP contribution in [0.1, 0.15) is 16.7 Å². The van der Waals surface area contributed by atoms with E-state index >= 15 is 0 Å². The fourth-order valence-electron chi connectivity index (χ4n) is 1.92. The second-order valence-electron chi connectivity index (χ2n) is 4.14. The van der Waals surface area contributed by atoms with E-state index < -0.39 is 0 Å². The molecule has 3 rings (SSSR count). The smallest absolute Gasteiger partial charge is 0.158 e. The molecule has 1 aliphatic rings. The first-order valence-electron chi connectivity index (χ1n) is 6.04. The first-order valence-corrected chi connectivity index (χ1v) is 6.04. The van der Waals surface area contributed by atoms with Crippen molar-refractivity contribution in [3.05, 3.63) is 77.5 Å². The fraction of sp³-hybridized carbons (Fsp3) is 0. The van der Waals surface area contributed by atoms with Gasteiger partial charge in [-0.15, -0.1) is 0 Å². The van der Waals surface area contributed by atoms with Gasteiger partial charge in [0, 0.05) is 5.56 Å². The lowest BCUT2D eigenvalue weighted by Crippen LogP contribution is -2.05. The summed E-state index contributed by atoms with van der Waals surface area (Å²) in [7, 11) is 0. The highest BCUT2D eigenvalue weighted by Crippen LogP contribution is 2.21. The van der Waals surface area contributed by atoms with Gasteiger partial charge in [0.05, 0.1) is 0 Å². The lowest BCUT2D eigenvalue weighted by atomic mass is 10.0. The third-order valence-electron chi connectivity index (χ3n) is 2.87. The molecule has 2 aromatic carbocycles. The Hall–Kier alpha value is -2.52. The molecule has 0 aromatic heterocycles. The Morgan fingerprint density at radius 3 is 2.42 bits per heavy atom. The predicted molar refractivity (Wildman–Crippen MR) is 75.1 cm³/mol. The zero-order valence-corrected chi connectivity index (χ0v) is 10.2. The monoisotopic (exact) mass is 251 g/mol. The van der Waals surface area contributed by atoms with Gasteiger partial charge < -0.3 is 4.89 Å². The molecule has 1 aliphatic heterocycles. The molecular weight excluding hydrogens is 238 g/mol. The molecule has 0 fully saturated rings. The Morgan fingerprint density at radius 1 is 0.842 bits per heavy atom. The van der Waals surface area contributed by atoms with Crippen molar-refractivity contribution in [1.29, 1.82) is 0 Å². The zero-order chi connectivity index (χ0) is 12.9. The van der Waals surface area contributed by atoms with Gasteiger partial charge in [0.15, 0.2) is 6.26 Å². The van der Waals surface area contributed by atoms with Crippen LogP contribution in [-0.4, -0.2) is 0 Å². The van der Waals surface area contributed by atoms with Gasteiger partial charge in [-0.25, -0.2) is 5.48 Å². The topological polar surface area (TPSA) is 30.5 Å². The summed E-state index contributed by atoms with van der Waals surface area (Å²) in [5.74, 6) is 0. The molecular formula is C16H13NO2. The standard InChI is InChI=1S/C16H13NO2/c1-2-6-13(7-3-1)10-11-14-8-4-5-9-15(14)16-12-18-19-17-16/h1-12,17H. The van der Waals surface area contributed by atoms with Crippen molar-refractivity contribution in [2.45, 2.75) is 0 Å². The van der Waals surface area contributed by atoms with Crippen LogP contribution in [0.2, 0.25) is 0 Å². The Morgan fingerprint density at radius 2 is 1.63 bits per heavy atom. The number of hydrogen-bond donors (Lipinski definition) is 1. The molecule has 2 aromatic rings. The summed E-state index contributed by atoms with van der Waals surface area (Å²) in [6.07, 6.45) is 5.71. The minimum atomic E-state index is 0.813. The summed E-state index contributed by atoms with van der Waals surface area (Å²) < 4.78 is 0. The van der Waals surface area contributed by atoms with E-state index in [1.54, 1.807) is 6.26 Å². The first kappa shape index (κ1) is 11.6. The van der Waals surface area contributed by atoms with Gasteiger partial charge in [0.1, 0.15) is 5.70 Å². The minimum absolute atomic E-state index is 0.813. The lowest BCUT2D eigenvalue weighted by Gasteiger charge is -2.04. The van der Waals surface area contributed by atoms with Crippen molar-refractivity contribution >= 4 is 17.8 Å². The van der Waals surface area contributed by atoms with E-state index in [0.29, 0.717) is 0 Å². The van der Waals surface area contributed by atoms with E-state index in [-0.39, 0.29) is 0 Å². The summed E-state index contributed by atoms with van der Waals surface area (Å²) in [4.78, 5) is 9.39. The molecule has 0 saturated carbocycles. The molecule has 3 heteroatoms. The largest absolute Gasteiger partial charge is 0.320 e. The molecule has 3 nitrogen and oxygen atoms in total. The lowest BCUT2D eigenvalue weighted by molar-refractivity contribution is -0.263. The number of hydroxylamine groups is 1. The average molecular weight is 251 g/mol. The second-order valence-corrected chi connectivity index (χ2v) is 4.14. The maximum atomic E-state index is 4.73. The van der Waals surface area contributed by atoms with Crippen molar-refractivity contribution in [1.82, 2.24) is 5.48 Å². The van der Waals surface area contributed by atoms with Crippen molar-refractivity contribution in [2.75, 3.05) is 0 Å². The van der Waals surface area contributed by atoms with E-state index in [9.17, 15) is 0 Å². The molecule has 0 unspecified atom stereocenters. The van der Waals surface area contributed by atoms with Crippen LogP contribution in [0, 0.1) is 0 Å². The van der Waals surface area contributed by atoms with E-state index in [1.165, 1.54) is 0 Å². The van der Waals surface area contributed by atoms with Crippen LogP contribution in [0.3, 0.4) is 0 Å². The van der Waals surface area contributed by atoms with Gasteiger partial charge in [0.2, 0.25) is 0 Å². The maximum absolute atomic E-state index is 4.73. The average Bonchev–Trinajstić information content (AvgIpc) is 3.01. The highest BCUT2D eigenvalue weighted by atomic mass is 17.3. The Labute approximate surface area is 111 Å². The molecule has 0 aliphatic carbocycles. The molecule has 1 heterocycles. The molecule has 19 heavy (non-hydrogen) atoms. The Bertz CT molecular complexity index is 618. The molecule has 0 saturated heterocycles. The summed E-state index contributed by atoms with van der Waals surface area (Å²) in [6, 6.07) is 18.2. The number of nitrogens with one attached hydrogen (secondary N) is 1. The molecule has 94 valence electrons. The van der Waals surface area contributed by atoms with Crippen LogP contribution in [0.25, 0.3) is 17.8 Å². The maximum Gasteiger partial charge on any atom is 0.158 e. The molecule has 0 radical (unpaired) electrons. The van der Waals surface area contributed by atoms with E-state index in [4.69, 9.17) is 4.89 Å². The normalized spacial score (nSPS) is 14.0. The van der Waals surface area contributed by atoms with Crippen LogP contribution in [0.5, 0.6) is 0 Å². The van der Waals surface area contributed by atoms with Crippen LogP contribution in [0.15, 0.2) is 60.9 Å². The fourth-order valence-corrected chi connectivity index (χ4v) is 1.92. The van der Waals surface area contributed by atoms with E-state index in [0.717, 1.165) is 22.4 Å². The van der Waals surface area contributed by atoms with E-state index in [2.05, 4.69) is 40.8 Å². The van der Waals surface area contributed by atoms with Crippen LogP contribution in [0.4, 0.5) is 0 Å². The van der Waals surface area contributed by atoms with Crippen LogP contribution >= 0.6 is 0 Å². The molecule has 0 amide bonds. The van der Waals surface area contributed by atoms with Crippen LogP contribution in [-0.2, 0) is 9.88 Å². The number of hydrogen-bond acceptors (Lipinski definition) is 3. The third-order valence-corrected chi connectivity index (χ3v) is 2.87. The highest BCUT2D eigenvalue weighted by molar-refractivity contribution is 5.78. The molecule has 0 atom stereocenters. The molecule has 0 spiro atoms. The number of benzene rings is 2. The van der Waals surface area contributed by atoms with Gasteiger partial charge in [-0.3, -0.25) is 0 Å². The van der Waals surface area contributed by atoms with Crippen molar-refractivity contribution in [2.24, 2.45) is 0 Å². The highest BCUT2D eigenvalue weighted by Gasteiger charge is 2.11. The van der Waals surface area contributed by atoms with Gasteiger partial charge in [-0.1, -0.05) is 71.7 Å². The Kier molecular flexibility index (Phi) is 3.30. The van der Waals surface area contributed by atoms with Gasteiger partial charge in [0.25, 0.3) is 0 Å². The number of rotatable bonds is 3. The zero-order valence-electron chi connectivity index (χ0n) is 10.2. The third kappa shape index (κ3) is 2.67. The summed E-state index contributed by atoms with van der Waals surface area (Å²) in [6.45, 7) is 0. The van der Waals surface area contributed by atoms with Gasteiger partial charge in [-0.2, -0.15) is 0 Å². The molecule has 0 bridgehead atoms. The summed E-state index contributed by atoms with van der Waals surface area (Å²) in [5, 5.41) is 0. The van der Waals surface area contributed by atoms with Crippen molar-refractivity contribution < 1.29 is 9.88 Å². The van der Waals surface area contributed by atoms with Gasteiger partial charge >= 0.3 is 0 Å². The van der Waals surface area contributed by atoms with Gasteiger partial charge in [-0.05, 0) is 11.1 Å².